The van der Waals surface area contributed by atoms with E-state index in [9.17, 15) is 0 Å². The molecule has 5 rings (SSSR count). The molecule has 0 unspecified atom stereocenters. The first kappa shape index (κ1) is 21.9. The van der Waals surface area contributed by atoms with Crippen LogP contribution in [0.4, 0.5) is 0 Å². The zero-order valence-electron chi connectivity index (χ0n) is 20.9. The van der Waals surface area contributed by atoms with Crippen LogP contribution in [0.2, 0.25) is 19.6 Å². The number of aromatic nitrogens is 1. The third kappa shape index (κ3) is 3.69. The van der Waals surface area contributed by atoms with Gasteiger partial charge in [-0.3, -0.25) is 0 Å². The van der Waals surface area contributed by atoms with Crippen LogP contribution < -0.4 is 9.75 Å². The molecule has 33 heavy (non-hydrogen) atoms. The van der Waals surface area contributed by atoms with Crippen LogP contribution in [0.25, 0.3) is 44.1 Å². The Bertz CT molecular complexity index is 1520. The second kappa shape index (κ2) is 7.84. The smallest absolute Gasteiger partial charge is 0.217 e. The summed E-state index contributed by atoms with van der Waals surface area (Å²) in [6.07, 6.45) is 1.06. The second-order valence-corrected chi connectivity index (χ2v) is 16.0. The highest BCUT2D eigenvalue weighted by atomic mass is 28.3. The maximum Gasteiger partial charge on any atom is 0.217 e. The van der Waals surface area contributed by atoms with Crippen LogP contribution in [-0.2, 0) is 13.5 Å². The van der Waals surface area contributed by atoms with Crippen molar-refractivity contribution in [3.05, 3.63) is 71.8 Å². The molecular weight excluding hydrogens is 418 g/mol. The Morgan fingerprint density at radius 1 is 0.879 bits per heavy atom. The fraction of sp³-hybridized carbons (Fsp3) is 0.300. The summed E-state index contributed by atoms with van der Waals surface area (Å²) in [6.45, 7) is 14.1. The normalized spacial score (nSPS) is 12.5. The topological polar surface area (TPSA) is 17.0 Å². The van der Waals surface area contributed by atoms with Gasteiger partial charge in [0.25, 0.3) is 0 Å². The first-order valence-electron chi connectivity index (χ1n) is 12.0. The van der Waals surface area contributed by atoms with E-state index in [1.54, 1.807) is 0 Å². The molecule has 3 aromatic carbocycles. The van der Waals surface area contributed by atoms with Gasteiger partial charge in [-0.05, 0) is 42.5 Å². The van der Waals surface area contributed by atoms with Crippen LogP contribution in [0, 0.1) is 12.8 Å². The Morgan fingerprint density at radius 3 is 2.36 bits per heavy atom. The van der Waals surface area contributed by atoms with Crippen molar-refractivity contribution in [2.45, 2.75) is 46.8 Å². The molecule has 0 atom stereocenters. The highest BCUT2D eigenvalue weighted by Crippen LogP contribution is 2.37. The number of furan rings is 1. The van der Waals surface area contributed by atoms with Gasteiger partial charge in [0.1, 0.15) is 18.2 Å². The van der Waals surface area contributed by atoms with Crippen LogP contribution in [0.15, 0.2) is 65.1 Å². The summed E-state index contributed by atoms with van der Waals surface area (Å²) in [5.74, 6) is 0.590. The van der Waals surface area contributed by atoms with Gasteiger partial charge < -0.3 is 4.42 Å². The lowest BCUT2D eigenvalue weighted by Crippen LogP contribution is -2.39. The zero-order valence-corrected chi connectivity index (χ0v) is 21.9. The van der Waals surface area contributed by atoms with E-state index in [1.807, 2.05) is 6.07 Å². The van der Waals surface area contributed by atoms with Crippen LogP contribution >= 0.6 is 0 Å². The van der Waals surface area contributed by atoms with Crippen LogP contribution in [0.1, 0.15) is 25.0 Å². The van der Waals surface area contributed by atoms with Gasteiger partial charge in [-0.15, -0.1) is 0 Å². The Hall–Kier alpha value is -2.91. The van der Waals surface area contributed by atoms with Gasteiger partial charge in [-0.2, -0.15) is 4.57 Å². The molecule has 2 heterocycles. The molecule has 0 N–H and O–H groups in total. The van der Waals surface area contributed by atoms with Gasteiger partial charge >= 0.3 is 0 Å². The lowest BCUT2D eigenvalue weighted by atomic mass is 9.94. The van der Waals surface area contributed by atoms with E-state index >= 15 is 0 Å². The van der Waals surface area contributed by atoms with E-state index in [-0.39, 0.29) is 0 Å². The van der Waals surface area contributed by atoms with Crippen molar-refractivity contribution in [3.8, 4) is 11.3 Å². The number of para-hydroxylation sites is 1. The number of pyridine rings is 1. The zero-order chi connectivity index (χ0) is 23.5. The minimum Gasteiger partial charge on any atom is -0.455 e. The average molecular weight is 453 g/mol. The predicted octanol–water partition coefficient (Wildman–Crippen LogP) is 7.28. The minimum absolute atomic E-state index is 0.590. The summed E-state index contributed by atoms with van der Waals surface area (Å²) in [6, 6.07) is 22.4. The molecule has 0 bridgehead atoms. The molecule has 2 aromatic heterocycles. The van der Waals surface area contributed by atoms with E-state index in [1.165, 1.54) is 49.2 Å². The number of rotatable bonds is 4. The Balaban J connectivity index is 1.86. The summed E-state index contributed by atoms with van der Waals surface area (Å²) in [5, 5.41) is 5.28. The Labute approximate surface area is 197 Å². The number of benzene rings is 3. The number of aryl methyl sites for hydroxylation is 2. The number of hydrogen-bond donors (Lipinski definition) is 0. The van der Waals surface area contributed by atoms with E-state index in [0.29, 0.717) is 5.92 Å². The molecule has 5 aromatic rings. The minimum atomic E-state index is -1.40. The monoisotopic (exact) mass is 452 g/mol. The molecule has 0 radical (unpaired) electrons. The Morgan fingerprint density at radius 2 is 1.64 bits per heavy atom. The standard InChI is InChI=1S/C30H34NOSi/c1-19(2)16-21-17-27(31(4)26-15-13-22(18-25(21)26)33(5,6)7)29-20(3)12-14-24-23-10-8-9-11-28(23)32-30(24)29/h8-15,17-19H,16H2,1-7H3/q+1. The van der Waals surface area contributed by atoms with Gasteiger partial charge in [-0.1, -0.05) is 75.1 Å². The fourth-order valence-electron chi connectivity index (χ4n) is 5.08. The predicted molar refractivity (Wildman–Crippen MR) is 144 cm³/mol. The third-order valence-corrected chi connectivity index (χ3v) is 8.92. The summed E-state index contributed by atoms with van der Waals surface area (Å²) in [7, 11) is 0.804. The molecule has 0 spiro atoms. The summed E-state index contributed by atoms with van der Waals surface area (Å²) in [5.41, 5.74) is 8.32. The molecule has 0 aliphatic heterocycles. The van der Waals surface area contributed by atoms with Crippen LogP contribution in [0.5, 0.6) is 0 Å². The van der Waals surface area contributed by atoms with Crippen molar-refractivity contribution >= 4 is 46.1 Å². The van der Waals surface area contributed by atoms with Crippen molar-refractivity contribution in [1.82, 2.24) is 0 Å². The van der Waals surface area contributed by atoms with Crippen molar-refractivity contribution in [2.24, 2.45) is 13.0 Å². The van der Waals surface area contributed by atoms with Gasteiger partial charge in [0.05, 0.1) is 13.6 Å². The lowest BCUT2D eigenvalue weighted by Gasteiger charge is -2.18. The highest BCUT2D eigenvalue weighted by molar-refractivity contribution is 6.88. The van der Waals surface area contributed by atoms with Crippen molar-refractivity contribution in [1.29, 1.82) is 0 Å². The highest BCUT2D eigenvalue weighted by Gasteiger charge is 2.26. The molecule has 2 nitrogen and oxygen atoms in total. The van der Waals surface area contributed by atoms with E-state index in [4.69, 9.17) is 4.42 Å². The van der Waals surface area contributed by atoms with Crippen LogP contribution in [0.3, 0.4) is 0 Å². The molecule has 3 heteroatoms. The first-order valence-corrected chi connectivity index (χ1v) is 15.5. The van der Waals surface area contributed by atoms with Gasteiger partial charge in [0.15, 0.2) is 0 Å². The van der Waals surface area contributed by atoms with E-state index < -0.39 is 8.07 Å². The average Bonchev–Trinajstić information content (AvgIpc) is 3.13. The SMILES string of the molecule is Cc1ccc2c(oc3ccccc32)c1-c1cc(CC(C)C)c2cc([Si](C)(C)C)ccc2[n+]1C. The number of fused-ring (bicyclic) bond motifs is 4. The molecule has 0 aliphatic rings. The quantitative estimate of drug-likeness (QED) is 0.207. The van der Waals surface area contributed by atoms with Crippen molar-refractivity contribution in [3.63, 3.8) is 0 Å². The molecule has 0 saturated heterocycles. The van der Waals surface area contributed by atoms with Crippen molar-refractivity contribution < 1.29 is 8.98 Å². The Kier molecular flexibility index (Phi) is 5.21. The maximum atomic E-state index is 6.46. The second-order valence-electron chi connectivity index (χ2n) is 10.9. The van der Waals surface area contributed by atoms with E-state index in [2.05, 4.69) is 107 Å². The number of hydrogen-bond acceptors (Lipinski definition) is 1. The first-order chi connectivity index (χ1) is 15.6. The molecule has 0 saturated carbocycles. The molecule has 0 fully saturated rings. The fourth-order valence-corrected chi connectivity index (χ4v) is 6.24. The van der Waals surface area contributed by atoms with Gasteiger partial charge in [0, 0.05) is 28.3 Å². The van der Waals surface area contributed by atoms with Crippen LogP contribution in [-0.4, -0.2) is 8.07 Å². The third-order valence-electron chi connectivity index (χ3n) is 6.88. The maximum absolute atomic E-state index is 6.46. The lowest BCUT2D eigenvalue weighted by molar-refractivity contribution is -0.633. The summed E-state index contributed by atoms with van der Waals surface area (Å²) in [4.78, 5) is 0. The molecule has 0 amide bonds. The van der Waals surface area contributed by atoms with Crippen molar-refractivity contribution in [2.75, 3.05) is 0 Å². The van der Waals surface area contributed by atoms with Gasteiger partial charge in [0.2, 0.25) is 11.2 Å². The summed E-state index contributed by atoms with van der Waals surface area (Å²) < 4.78 is 8.83. The summed E-state index contributed by atoms with van der Waals surface area (Å²) >= 11 is 0. The van der Waals surface area contributed by atoms with E-state index in [0.717, 1.165) is 17.6 Å². The molecule has 0 aliphatic carbocycles. The largest absolute Gasteiger partial charge is 0.455 e. The molecule has 168 valence electrons. The number of nitrogens with zero attached hydrogens (tertiary/aromatic N) is 1. The molecular formula is C30H34NOSi+. The van der Waals surface area contributed by atoms with Gasteiger partial charge in [-0.25, -0.2) is 0 Å².